The van der Waals surface area contributed by atoms with Crippen molar-refractivity contribution in [1.82, 2.24) is 9.80 Å². The Kier molecular flexibility index (Phi) is 5.14. The molecule has 6 heteroatoms. The van der Waals surface area contributed by atoms with Gasteiger partial charge in [-0.3, -0.25) is 4.90 Å². The van der Waals surface area contributed by atoms with Gasteiger partial charge in [0.15, 0.2) is 0 Å². The van der Waals surface area contributed by atoms with Crippen LogP contribution in [0.2, 0.25) is 0 Å². The second-order valence-corrected chi connectivity index (χ2v) is 6.96. The predicted molar refractivity (Wildman–Crippen MR) is 93.7 cm³/mol. The molecule has 0 unspecified atom stereocenters. The summed E-state index contributed by atoms with van der Waals surface area (Å²) in [4.78, 5) is 14.9. The third kappa shape index (κ3) is 3.57. The van der Waals surface area contributed by atoms with Crippen LogP contribution in [0.4, 0.5) is 4.79 Å². The van der Waals surface area contributed by atoms with Crippen molar-refractivity contribution in [3.05, 3.63) is 29.8 Å². The smallest absolute Gasteiger partial charge is 0.407 e. The van der Waals surface area contributed by atoms with E-state index in [1.807, 2.05) is 24.3 Å². The van der Waals surface area contributed by atoms with Crippen molar-refractivity contribution in [3.8, 4) is 11.8 Å². The first-order valence-electron chi connectivity index (χ1n) is 8.86. The highest BCUT2D eigenvalue weighted by molar-refractivity contribution is 5.65. The molecule has 1 N–H and O–H groups in total. The van der Waals surface area contributed by atoms with Crippen LogP contribution in [-0.2, 0) is 5.41 Å². The molecule has 2 fully saturated rings. The average molecular weight is 343 g/mol. The molecular weight excluding hydrogens is 318 g/mol. The standard InChI is InChI=1S/C19H25N3O3/c1-25-17-4-2-3-15(13-17)19(14-20)7-5-16(6-8-19)21-9-11-22(12-10-21)18(23)24/h2-4,13,16H,5-12H2,1H3,(H,23,24)/t16-,19+. The highest BCUT2D eigenvalue weighted by Crippen LogP contribution is 2.41. The number of nitrogens with zero attached hydrogens (tertiary/aromatic N) is 3. The van der Waals surface area contributed by atoms with Crippen LogP contribution in [0.25, 0.3) is 0 Å². The lowest BCUT2D eigenvalue weighted by molar-refractivity contribution is 0.0672. The molecule has 0 aromatic heterocycles. The van der Waals surface area contributed by atoms with Crippen molar-refractivity contribution < 1.29 is 14.6 Å². The maximum atomic E-state index is 11.0. The summed E-state index contributed by atoms with van der Waals surface area (Å²) >= 11 is 0. The number of nitriles is 1. The van der Waals surface area contributed by atoms with Crippen molar-refractivity contribution >= 4 is 6.09 Å². The van der Waals surface area contributed by atoms with Crippen molar-refractivity contribution in [3.63, 3.8) is 0 Å². The van der Waals surface area contributed by atoms with E-state index in [1.54, 1.807) is 7.11 Å². The molecule has 25 heavy (non-hydrogen) atoms. The van der Waals surface area contributed by atoms with E-state index in [4.69, 9.17) is 9.84 Å². The Morgan fingerprint density at radius 3 is 2.52 bits per heavy atom. The molecule has 134 valence electrons. The van der Waals surface area contributed by atoms with Gasteiger partial charge in [0.25, 0.3) is 0 Å². The monoisotopic (exact) mass is 343 g/mol. The summed E-state index contributed by atoms with van der Waals surface area (Å²) < 4.78 is 5.31. The van der Waals surface area contributed by atoms with Gasteiger partial charge in [-0.25, -0.2) is 4.79 Å². The van der Waals surface area contributed by atoms with E-state index in [2.05, 4.69) is 11.0 Å². The molecule has 0 atom stereocenters. The van der Waals surface area contributed by atoms with Crippen LogP contribution in [0.1, 0.15) is 31.2 Å². The SMILES string of the molecule is COc1cccc([C@]2(C#N)CC[C@H](N3CCN(C(=O)O)CC3)CC2)c1. The minimum atomic E-state index is -0.829. The summed E-state index contributed by atoms with van der Waals surface area (Å²) in [6.07, 6.45) is 2.78. The number of benzene rings is 1. The number of piperazine rings is 1. The van der Waals surface area contributed by atoms with Gasteiger partial charge in [-0.05, 0) is 43.4 Å². The lowest BCUT2D eigenvalue weighted by Crippen LogP contribution is -2.53. The molecule has 1 aromatic carbocycles. The molecule has 1 heterocycles. The molecule has 3 rings (SSSR count). The van der Waals surface area contributed by atoms with Crippen LogP contribution in [0.3, 0.4) is 0 Å². The van der Waals surface area contributed by atoms with Crippen molar-refractivity contribution in [1.29, 1.82) is 5.26 Å². The Hall–Kier alpha value is -2.26. The summed E-state index contributed by atoms with van der Waals surface area (Å²) in [6.45, 7) is 2.72. The van der Waals surface area contributed by atoms with Gasteiger partial charge in [-0.15, -0.1) is 0 Å². The van der Waals surface area contributed by atoms with Gasteiger partial charge in [-0.1, -0.05) is 12.1 Å². The van der Waals surface area contributed by atoms with E-state index in [0.717, 1.165) is 50.1 Å². The Morgan fingerprint density at radius 1 is 1.28 bits per heavy atom. The van der Waals surface area contributed by atoms with Crippen LogP contribution in [0, 0.1) is 11.3 Å². The van der Waals surface area contributed by atoms with Crippen LogP contribution >= 0.6 is 0 Å². The zero-order chi connectivity index (χ0) is 17.9. The van der Waals surface area contributed by atoms with E-state index in [0.29, 0.717) is 19.1 Å². The van der Waals surface area contributed by atoms with Crippen LogP contribution in [-0.4, -0.2) is 60.3 Å². The summed E-state index contributed by atoms with van der Waals surface area (Å²) in [5, 5.41) is 18.9. The Balaban J connectivity index is 1.64. The van der Waals surface area contributed by atoms with E-state index in [-0.39, 0.29) is 0 Å². The van der Waals surface area contributed by atoms with Gasteiger partial charge in [-0.2, -0.15) is 5.26 Å². The Morgan fingerprint density at radius 2 is 1.96 bits per heavy atom. The number of amides is 1. The second kappa shape index (κ2) is 7.32. The first kappa shape index (κ1) is 17.6. The Bertz CT molecular complexity index is 654. The maximum absolute atomic E-state index is 11.0. The van der Waals surface area contributed by atoms with Crippen LogP contribution in [0.15, 0.2) is 24.3 Å². The summed E-state index contributed by atoms with van der Waals surface area (Å²) in [6, 6.07) is 10.9. The quantitative estimate of drug-likeness (QED) is 0.913. The molecular formula is C19H25N3O3. The molecule has 6 nitrogen and oxygen atoms in total. The van der Waals surface area contributed by atoms with E-state index >= 15 is 0 Å². The highest BCUT2D eigenvalue weighted by atomic mass is 16.5. The number of carbonyl (C=O) groups is 1. The topological polar surface area (TPSA) is 76.8 Å². The van der Waals surface area contributed by atoms with Crippen molar-refractivity contribution in [2.75, 3.05) is 33.3 Å². The molecule has 0 spiro atoms. The number of hydrogen-bond donors (Lipinski definition) is 1. The summed E-state index contributed by atoms with van der Waals surface area (Å²) in [7, 11) is 1.64. The van der Waals surface area contributed by atoms with Crippen molar-refractivity contribution in [2.45, 2.75) is 37.1 Å². The first-order valence-corrected chi connectivity index (χ1v) is 8.86. The zero-order valence-electron chi connectivity index (χ0n) is 14.6. The zero-order valence-corrected chi connectivity index (χ0v) is 14.6. The Labute approximate surface area is 148 Å². The molecule has 2 aliphatic rings. The van der Waals surface area contributed by atoms with Crippen molar-refractivity contribution in [2.24, 2.45) is 0 Å². The first-order chi connectivity index (χ1) is 12.1. The predicted octanol–water partition coefficient (Wildman–Crippen LogP) is 2.69. The number of carboxylic acid groups (broad SMARTS) is 1. The van der Waals surface area contributed by atoms with Gasteiger partial charge in [0.2, 0.25) is 0 Å². The molecule has 1 aliphatic carbocycles. The van der Waals surface area contributed by atoms with E-state index in [9.17, 15) is 10.1 Å². The largest absolute Gasteiger partial charge is 0.497 e. The molecule has 1 saturated carbocycles. The fourth-order valence-electron chi connectivity index (χ4n) is 4.12. The van der Waals surface area contributed by atoms with E-state index in [1.165, 1.54) is 4.90 Å². The maximum Gasteiger partial charge on any atom is 0.407 e. The molecule has 1 amide bonds. The lowest BCUT2D eigenvalue weighted by Gasteiger charge is -2.43. The second-order valence-electron chi connectivity index (χ2n) is 6.96. The summed E-state index contributed by atoms with van der Waals surface area (Å²) in [5.41, 5.74) is 0.608. The number of ether oxygens (including phenoxy) is 1. The van der Waals surface area contributed by atoms with Gasteiger partial charge >= 0.3 is 6.09 Å². The fraction of sp³-hybridized carbons (Fsp3) is 0.579. The van der Waals surface area contributed by atoms with Gasteiger partial charge in [0.05, 0.1) is 18.6 Å². The minimum Gasteiger partial charge on any atom is -0.497 e. The molecule has 0 radical (unpaired) electrons. The number of rotatable bonds is 3. The normalized spacial score (nSPS) is 27.5. The molecule has 1 aromatic rings. The van der Waals surface area contributed by atoms with Crippen LogP contribution in [0.5, 0.6) is 5.75 Å². The van der Waals surface area contributed by atoms with Crippen LogP contribution < -0.4 is 4.74 Å². The summed E-state index contributed by atoms with van der Waals surface area (Å²) in [5.74, 6) is 0.791. The van der Waals surface area contributed by atoms with Gasteiger partial charge < -0.3 is 14.7 Å². The number of methoxy groups -OCH3 is 1. The fourth-order valence-corrected chi connectivity index (χ4v) is 4.12. The van der Waals surface area contributed by atoms with Gasteiger partial charge in [0, 0.05) is 32.2 Å². The highest BCUT2D eigenvalue weighted by Gasteiger charge is 2.39. The third-order valence-corrected chi connectivity index (χ3v) is 5.75. The lowest BCUT2D eigenvalue weighted by atomic mass is 9.69. The van der Waals surface area contributed by atoms with Gasteiger partial charge in [0.1, 0.15) is 5.75 Å². The minimum absolute atomic E-state index is 0.437. The number of hydrogen-bond acceptors (Lipinski definition) is 4. The molecule has 1 aliphatic heterocycles. The molecule has 1 saturated heterocycles. The molecule has 0 bridgehead atoms. The third-order valence-electron chi connectivity index (χ3n) is 5.75. The van der Waals surface area contributed by atoms with E-state index < -0.39 is 11.5 Å². The average Bonchev–Trinajstić information content (AvgIpc) is 2.68.